The predicted molar refractivity (Wildman–Crippen MR) is 123 cm³/mol. The number of anilines is 2. The Balaban J connectivity index is 1.30. The van der Waals surface area contributed by atoms with Crippen molar-refractivity contribution in [2.24, 2.45) is 5.92 Å². The number of benzene rings is 2. The summed E-state index contributed by atoms with van der Waals surface area (Å²) in [7, 11) is 1.60. The average molecular weight is 422 g/mol. The van der Waals surface area contributed by atoms with Crippen molar-refractivity contribution in [1.82, 2.24) is 4.90 Å². The predicted octanol–water partition coefficient (Wildman–Crippen LogP) is 4.54. The van der Waals surface area contributed by atoms with Gasteiger partial charge < -0.3 is 15.4 Å². The standard InChI is InChI=1S/C25H31N3O3/c1-31-22-14-12-21(13-15-22)27-25(30)19-8-10-20(11-9-19)26-24(29)17-28-16-4-6-18-5-2-3-7-23(18)28/h8-15,18,23H,2-7,16-17H2,1H3,(H,26,29)(H,27,30)/t18-,23-/m0/s1. The molecule has 2 aromatic carbocycles. The van der Waals surface area contributed by atoms with E-state index in [-0.39, 0.29) is 11.8 Å². The van der Waals surface area contributed by atoms with Gasteiger partial charge in [-0.25, -0.2) is 0 Å². The lowest BCUT2D eigenvalue weighted by atomic mass is 9.78. The van der Waals surface area contributed by atoms with E-state index in [1.165, 1.54) is 38.5 Å². The molecule has 2 atom stereocenters. The Morgan fingerprint density at radius 2 is 1.55 bits per heavy atom. The molecule has 2 aromatic rings. The zero-order chi connectivity index (χ0) is 21.6. The van der Waals surface area contributed by atoms with E-state index in [0.29, 0.717) is 29.5 Å². The van der Waals surface area contributed by atoms with Crippen LogP contribution in [-0.4, -0.2) is 43.0 Å². The number of methoxy groups -OCH3 is 1. The summed E-state index contributed by atoms with van der Waals surface area (Å²) in [6, 6.07) is 14.8. The fraction of sp³-hybridized carbons (Fsp3) is 0.440. The quantitative estimate of drug-likeness (QED) is 0.718. The molecule has 0 aromatic heterocycles. The molecule has 31 heavy (non-hydrogen) atoms. The number of amides is 2. The van der Waals surface area contributed by atoms with E-state index >= 15 is 0 Å². The summed E-state index contributed by atoms with van der Waals surface area (Å²) in [5.74, 6) is 1.32. The number of hydrogen-bond acceptors (Lipinski definition) is 4. The minimum atomic E-state index is -0.195. The number of rotatable bonds is 6. The zero-order valence-electron chi connectivity index (χ0n) is 18.1. The van der Waals surface area contributed by atoms with Crippen LogP contribution in [-0.2, 0) is 4.79 Å². The number of nitrogens with zero attached hydrogens (tertiary/aromatic N) is 1. The molecule has 0 spiro atoms. The smallest absolute Gasteiger partial charge is 0.255 e. The van der Waals surface area contributed by atoms with Crippen LogP contribution in [0.3, 0.4) is 0 Å². The Morgan fingerprint density at radius 1 is 0.903 bits per heavy atom. The van der Waals surface area contributed by atoms with Crippen molar-refractivity contribution in [2.75, 3.05) is 30.8 Å². The lowest BCUT2D eigenvalue weighted by Crippen LogP contribution is -2.49. The van der Waals surface area contributed by atoms with Gasteiger partial charge in [0.25, 0.3) is 5.91 Å². The second-order valence-corrected chi connectivity index (χ2v) is 8.53. The van der Waals surface area contributed by atoms with Crippen molar-refractivity contribution in [3.05, 3.63) is 54.1 Å². The van der Waals surface area contributed by atoms with Crippen molar-refractivity contribution < 1.29 is 14.3 Å². The van der Waals surface area contributed by atoms with Crippen molar-refractivity contribution >= 4 is 23.2 Å². The van der Waals surface area contributed by atoms with Gasteiger partial charge in [0.2, 0.25) is 5.91 Å². The van der Waals surface area contributed by atoms with E-state index in [2.05, 4.69) is 15.5 Å². The Morgan fingerprint density at radius 3 is 2.29 bits per heavy atom. The molecule has 2 aliphatic rings. The minimum absolute atomic E-state index is 0.0154. The van der Waals surface area contributed by atoms with Crippen LogP contribution in [0.2, 0.25) is 0 Å². The minimum Gasteiger partial charge on any atom is -0.497 e. The molecule has 6 heteroatoms. The molecule has 1 aliphatic carbocycles. The maximum atomic E-state index is 12.6. The number of nitrogens with one attached hydrogen (secondary N) is 2. The van der Waals surface area contributed by atoms with Crippen LogP contribution in [0.4, 0.5) is 11.4 Å². The second-order valence-electron chi connectivity index (χ2n) is 8.53. The van der Waals surface area contributed by atoms with Crippen molar-refractivity contribution in [1.29, 1.82) is 0 Å². The van der Waals surface area contributed by atoms with E-state index in [1.54, 1.807) is 55.6 Å². The number of carbonyl (C=O) groups excluding carboxylic acids is 2. The van der Waals surface area contributed by atoms with Crippen LogP contribution >= 0.6 is 0 Å². The third-order valence-corrected chi connectivity index (χ3v) is 6.48. The molecule has 1 heterocycles. The third kappa shape index (κ3) is 5.44. The first-order valence-corrected chi connectivity index (χ1v) is 11.2. The summed E-state index contributed by atoms with van der Waals surface area (Å²) in [6.07, 6.45) is 7.63. The Labute approximate surface area is 184 Å². The van der Waals surface area contributed by atoms with Gasteiger partial charge in [-0.05, 0) is 86.7 Å². The first-order chi connectivity index (χ1) is 15.1. The van der Waals surface area contributed by atoms with Gasteiger partial charge in [0.15, 0.2) is 0 Å². The Kier molecular flexibility index (Phi) is 6.87. The largest absolute Gasteiger partial charge is 0.497 e. The number of piperidine rings is 1. The zero-order valence-corrected chi connectivity index (χ0v) is 18.1. The summed E-state index contributed by atoms with van der Waals surface area (Å²) in [6.45, 7) is 1.46. The molecule has 6 nitrogen and oxygen atoms in total. The molecule has 0 bridgehead atoms. The molecule has 2 N–H and O–H groups in total. The SMILES string of the molecule is COc1ccc(NC(=O)c2ccc(NC(=O)CN3CCC[C@@H]4CCCC[C@@H]43)cc2)cc1. The highest BCUT2D eigenvalue weighted by Crippen LogP contribution is 2.35. The maximum absolute atomic E-state index is 12.6. The summed E-state index contributed by atoms with van der Waals surface area (Å²) in [5, 5.41) is 5.85. The monoisotopic (exact) mass is 421 g/mol. The fourth-order valence-corrected chi connectivity index (χ4v) is 4.89. The van der Waals surface area contributed by atoms with Crippen LogP contribution in [0.1, 0.15) is 48.9 Å². The van der Waals surface area contributed by atoms with Crippen LogP contribution in [0, 0.1) is 5.92 Å². The van der Waals surface area contributed by atoms with E-state index in [0.717, 1.165) is 18.2 Å². The third-order valence-electron chi connectivity index (χ3n) is 6.48. The lowest BCUT2D eigenvalue weighted by Gasteiger charge is -2.43. The number of likely N-dealkylation sites (tertiary alicyclic amines) is 1. The molecule has 2 fully saturated rings. The Hall–Kier alpha value is -2.86. The van der Waals surface area contributed by atoms with E-state index in [9.17, 15) is 9.59 Å². The fourth-order valence-electron chi connectivity index (χ4n) is 4.89. The van der Waals surface area contributed by atoms with E-state index < -0.39 is 0 Å². The molecule has 2 amide bonds. The molecule has 0 unspecified atom stereocenters. The van der Waals surface area contributed by atoms with E-state index in [1.807, 2.05) is 0 Å². The average Bonchev–Trinajstić information content (AvgIpc) is 2.80. The van der Waals surface area contributed by atoms with Gasteiger partial charge in [0.05, 0.1) is 13.7 Å². The van der Waals surface area contributed by atoms with Crippen LogP contribution in [0.15, 0.2) is 48.5 Å². The van der Waals surface area contributed by atoms with Gasteiger partial charge in [-0.1, -0.05) is 12.8 Å². The van der Waals surface area contributed by atoms with Gasteiger partial charge in [-0.2, -0.15) is 0 Å². The van der Waals surface area contributed by atoms with Gasteiger partial charge in [0, 0.05) is 23.0 Å². The Bertz CT molecular complexity index is 893. The number of carbonyl (C=O) groups is 2. The van der Waals surface area contributed by atoms with Gasteiger partial charge in [-0.3, -0.25) is 14.5 Å². The molecule has 1 saturated carbocycles. The number of fused-ring (bicyclic) bond motifs is 1. The molecule has 1 aliphatic heterocycles. The van der Waals surface area contributed by atoms with Crippen LogP contribution < -0.4 is 15.4 Å². The van der Waals surface area contributed by atoms with E-state index in [4.69, 9.17) is 4.74 Å². The summed E-state index contributed by atoms with van der Waals surface area (Å²) < 4.78 is 5.13. The summed E-state index contributed by atoms with van der Waals surface area (Å²) >= 11 is 0. The molecule has 1 saturated heterocycles. The van der Waals surface area contributed by atoms with Crippen molar-refractivity contribution in [3.63, 3.8) is 0 Å². The lowest BCUT2D eigenvalue weighted by molar-refractivity contribution is -0.118. The van der Waals surface area contributed by atoms with Gasteiger partial charge in [0.1, 0.15) is 5.75 Å². The van der Waals surface area contributed by atoms with Gasteiger partial charge >= 0.3 is 0 Å². The highest BCUT2D eigenvalue weighted by Gasteiger charge is 2.33. The second kappa shape index (κ2) is 9.96. The normalized spacial score (nSPS) is 21.1. The molecule has 164 valence electrons. The molecular weight excluding hydrogens is 390 g/mol. The first-order valence-electron chi connectivity index (χ1n) is 11.2. The highest BCUT2D eigenvalue weighted by molar-refractivity contribution is 6.04. The van der Waals surface area contributed by atoms with Gasteiger partial charge in [-0.15, -0.1) is 0 Å². The number of hydrogen-bond donors (Lipinski definition) is 2. The number of ether oxygens (including phenoxy) is 1. The summed E-state index contributed by atoms with van der Waals surface area (Å²) in [5.41, 5.74) is 1.95. The summed E-state index contributed by atoms with van der Waals surface area (Å²) in [4.78, 5) is 27.5. The highest BCUT2D eigenvalue weighted by atomic mass is 16.5. The molecule has 0 radical (unpaired) electrons. The first kappa shape index (κ1) is 21.4. The molecule has 4 rings (SSSR count). The maximum Gasteiger partial charge on any atom is 0.255 e. The van der Waals surface area contributed by atoms with Crippen LogP contribution in [0.25, 0.3) is 0 Å². The van der Waals surface area contributed by atoms with Crippen molar-refractivity contribution in [2.45, 2.75) is 44.6 Å². The topological polar surface area (TPSA) is 70.7 Å². The van der Waals surface area contributed by atoms with Crippen molar-refractivity contribution in [3.8, 4) is 5.75 Å². The molecular formula is C25H31N3O3. The van der Waals surface area contributed by atoms with Crippen LogP contribution in [0.5, 0.6) is 5.75 Å².